The van der Waals surface area contributed by atoms with Gasteiger partial charge in [-0.25, -0.2) is 4.39 Å². The van der Waals surface area contributed by atoms with Crippen molar-refractivity contribution in [2.24, 2.45) is 11.8 Å². The lowest BCUT2D eigenvalue weighted by Crippen LogP contribution is -2.15. The molecule has 0 amide bonds. The van der Waals surface area contributed by atoms with E-state index < -0.39 is 0 Å². The summed E-state index contributed by atoms with van der Waals surface area (Å²) in [7, 11) is 0. The van der Waals surface area contributed by atoms with Crippen molar-refractivity contribution in [1.82, 2.24) is 0 Å². The van der Waals surface area contributed by atoms with Crippen LogP contribution in [0.2, 0.25) is 0 Å². The van der Waals surface area contributed by atoms with Crippen molar-refractivity contribution in [3.8, 4) is 5.75 Å². The summed E-state index contributed by atoms with van der Waals surface area (Å²) in [6.07, 6.45) is 17.9. The summed E-state index contributed by atoms with van der Waals surface area (Å²) in [6.45, 7) is 5.17. The minimum atomic E-state index is -0.106. The second kappa shape index (κ2) is 13.2. The highest BCUT2D eigenvalue weighted by Crippen LogP contribution is 2.34. The Morgan fingerprint density at radius 2 is 1.48 bits per heavy atom. The highest BCUT2D eigenvalue weighted by Gasteiger charge is 2.20. The maximum Gasteiger partial charge on any atom is 0.130 e. The van der Waals surface area contributed by atoms with Gasteiger partial charge < -0.3 is 4.74 Å². The van der Waals surface area contributed by atoms with E-state index >= 15 is 0 Å². The first-order valence-electron chi connectivity index (χ1n) is 11.6. The Morgan fingerprint density at radius 3 is 2.11 bits per heavy atom. The van der Waals surface area contributed by atoms with Crippen LogP contribution in [0.5, 0.6) is 5.75 Å². The molecule has 1 saturated carbocycles. The summed E-state index contributed by atoms with van der Waals surface area (Å²) in [6, 6.07) is 5.41. The summed E-state index contributed by atoms with van der Waals surface area (Å²) >= 11 is 0. The lowest BCUT2D eigenvalue weighted by Gasteiger charge is -2.28. The lowest BCUT2D eigenvalue weighted by molar-refractivity contribution is 0.228. The fraction of sp³-hybridized carbons (Fsp3) is 0.760. The Labute approximate surface area is 167 Å². The fourth-order valence-electron chi connectivity index (χ4n) is 4.44. The molecule has 1 aliphatic carbocycles. The zero-order valence-electron chi connectivity index (χ0n) is 17.8. The smallest absolute Gasteiger partial charge is 0.130 e. The molecule has 1 nitrogen and oxygen atoms in total. The van der Waals surface area contributed by atoms with Gasteiger partial charge in [0, 0.05) is 6.07 Å². The quantitative estimate of drug-likeness (QED) is 0.316. The van der Waals surface area contributed by atoms with E-state index in [0.717, 1.165) is 36.7 Å². The van der Waals surface area contributed by atoms with E-state index in [4.69, 9.17) is 4.74 Å². The molecule has 0 spiro atoms. The summed E-state index contributed by atoms with van der Waals surface area (Å²) < 4.78 is 20.0. The second-order valence-electron chi connectivity index (χ2n) is 8.58. The minimum Gasteiger partial charge on any atom is -0.493 e. The summed E-state index contributed by atoms with van der Waals surface area (Å²) in [4.78, 5) is 0. The SMILES string of the molecule is CCCCCc1ccc(OCCC[C@H]2CC[C@H](CCCCC)CC2)cc1F. The topological polar surface area (TPSA) is 9.23 Å². The molecule has 2 heteroatoms. The molecule has 1 fully saturated rings. The minimum absolute atomic E-state index is 0.106. The largest absolute Gasteiger partial charge is 0.493 e. The molecule has 0 atom stereocenters. The van der Waals surface area contributed by atoms with E-state index in [1.165, 1.54) is 70.6 Å². The molecule has 0 aromatic heterocycles. The van der Waals surface area contributed by atoms with Crippen molar-refractivity contribution in [2.75, 3.05) is 6.61 Å². The van der Waals surface area contributed by atoms with Crippen LogP contribution < -0.4 is 4.74 Å². The summed E-state index contributed by atoms with van der Waals surface area (Å²) in [5.41, 5.74) is 0.825. The summed E-state index contributed by atoms with van der Waals surface area (Å²) in [5.74, 6) is 2.45. The van der Waals surface area contributed by atoms with Gasteiger partial charge in [-0.15, -0.1) is 0 Å². The Balaban J connectivity index is 1.58. The van der Waals surface area contributed by atoms with Crippen molar-refractivity contribution >= 4 is 0 Å². The molecule has 1 aromatic rings. The van der Waals surface area contributed by atoms with Gasteiger partial charge in [0.2, 0.25) is 0 Å². The molecule has 0 unspecified atom stereocenters. The highest BCUT2D eigenvalue weighted by molar-refractivity contribution is 5.29. The van der Waals surface area contributed by atoms with Gasteiger partial charge in [0.1, 0.15) is 11.6 Å². The van der Waals surface area contributed by atoms with E-state index in [0.29, 0.717) is 12.4 Å². The van der Waals surface area contributed by atoms with E-state index in [2.05, 4.69) is 13.8 Å². The Hall–Kier alpha value is -1.05. The molecule has 0 aliphatic heterocycles. The molecular weight excluding hydrogens is 335 g/mol. The lowest BCUT2D eigenvalue weighted by atomic mass is 9.78. The number of halogens is 1. The third kappa shape index (κ3) is 8.66. The number of unbranched alkanes of at least 4 members (excludes halogenated alkanes) is 4. The molecule has 154 valence electrons. The second-order valence-corrected chi connectivity index (χ2v) is 8.58. The van der Waals surface area contributed by atoms with Crippen LogP contribution >= 0.6 is 0 Å². The Morgan fingerprint density at radius 1 is 0.852 bits per heavy atom. The first-order valence-corrected chi connectivity index (χ1v) is 11.6. The molecule has 0 N–H and O–H groups in total. The van der Waals surface area contributed by atoms with Crippen molar-refractivity contribution < 1.29 is 9.13 Å². The van der Waals surface area contributed by atoms with Crippen molar-refractivity contribution in [2.45, 2.75) is 104 Å². The van der Waals surface area contributed by atoms with Gasteiger partial charge in [-0.1, -0.05) is 84.1 Å². The number of aryl methyl sites for hydroxylation is 1. The van der Waals surface area contributed by atoms with Crippen LogP contribution in [0.3, 0.4) is 0 Å². The predicted molar refractivity (Wildman–Crippen MR) is 114 cm³/mol. The molecule has 0 heterocycles. The standard InChI is InChI=1S/C25H41FO/c1-3-5-7-10-21-13-15-22(16-14-21)11-9-19-27-24-18-17-23(25(26)20-24)12-8-6-4-2/h17-18,20-22H,3-16,19H2,1-2H3/t21-,22-. The Bertz CT molecular complexity index is 505. The number of ether oxygens (including phenoxy) is 1. The third-order valence-electron chi connectivity index (χ3n) is 6.28. The molecular formula is C25H41FO. The number of rotatable bonds is 13. The molecule has 0 saturated heterocycles. The van der Waals surface area contributed by atoms with Gasteiger partial charge >= 0.3 is 0 Å². The van der Waals surface area contributed by atoms with E-state index in [1.807, 2.05) is 12.1 Å². The van der Waals surface area contributed by atoms with Crippen LogP contribution in [0.4, 0.5) is 4.39 Å². The first-order chi connectivity index (χ1) is 13.2. The molecule has 2 rings (SSSR count). The van der Waals surface area contributed by atoms with Crippen LogP contribution in [0, 0.1) is 17.7 Å². The molecule has 27 heavy (non-hydrogen) atoms. The molecule has 1 aromatic carbocycles. The van der Waals surface area contributed by atoms with E-state index in [1.54, 1.807) is 6.07 Å². The van der Waals surface area contributed by atoms with E-state index in [9.17, 15) is 4.39 Å². The monoisotopic (exact) mass is 376 g/mol. The van der Waals surface area contributed by atoms with E-state index in [-0.39, 0.29) is 5.82 Å². The average Bonchev–Trinajstić information content (AvgIpc) is 2.68. The Kier molecular flexibility index (Phi) is 10.9. The van der Waals surface area contributed by atoms with Crippen molar-refractivity contribution in [3.63, 3.8) is 0 Å². The maximum atomic E-state index is 14.1. The van der Waals surface area contributed by atoms with Crippen LogP contribution in [-0.4, -0.2) is 6.61 Å². The number of hydrogen-bond acceptors (Lipinski definition) is 1. The van der Waals surface area contributed by atoms with Crippen LogP contribution in [-0.2, 0) is 6.42 Å². The summed E-state index contributed by atoms with van der Waals surface area (Å²) in [5, 5.41) is 0. The van der Waals surface area contributed by atoms with Crippen LogP contribution in [0.15, 0.2) is 18.2 Å². The van der Waals surface area contributed by atoms with Gasteiger partial charge in [-0.3, -0.25) is 0 Å². The molecule has 0 radical (unpaired) electrons. The highest BCUT2D eigenvalue weighted by atomic mass is 19.1. The fourth-order valence-corrected chi connectivity index (χ4v) is 4.44. The first kappa shape index (κ1) is 22.2. The zero-order chi connectivity index (χ0) is 19.3. The van der Waals surface area contributed by atoms with Crippen molar-refractivity contribution in [3.05, 3.63) is 29.6 Å². The number of hydrogen-bond donors (Lipinski definition) is 0. The predicted octanol–water partition coefficient (Wildman–Crippen LogP) is 8.10. The van der Waals surface area contributed by atoms with Crippen LogP contribution in [0.25, 0.3) is 0 Å². The van der Waals surface area contributed by atoms with Gasteiger partial charge in [-0.2, -0.15) is 0 Å². The number of benzene rings is 1. The van der Waals surface area contributed by atoms with Gasteiger partial charge in [-0.05, 0) is 49.1 Å². The van der Waals surface area contributed by atoms with Crippen molar-refractivity contribution in [1.29, 1.82) is 0 Å². The third-order valence-corrected chi connectivity index (χ3v) is 6.28. The maximum absolute atomic E-state index is 14.1. The van der Waals surface area contributed by atoms with Gasteiger partial charge in [0.15, 0.2) is 0 Å². The molecule has 1 aliphatic rings. The zero-order valence-corrected chi connectivity index (χ0v) is 17.8. The molecule has 0 bridgehead atoms. The average molecular weight is 377 g/mol. The van der Waals surface area contributed by atoms with Crippen LogP contribution in [0.1, 0.15) is 103 Å². The van der Waals surface area contributed by atoms with Gasteiger partial charge in [0.25, 0.3) is 0 Å². The normalized spacial score (nSPS) is 20.0. The van der Waals surface area contributed by atoms with Gasteiger partial charge in [0.05, 0.1) is 6.61 Å².